The molecule has 0 atom stereocenters. The number of anilines is 1. The van der Waals surface area contributed by atoms with Gasteiger partial charge in [-0.2, -0.15) is 0 Å². The van der Waals surface area contributed by atoms with Crippen molar-refractivity contribution in [3.63, 3.8) is 0 Å². The molecule has 136 valence electrons. The molecule has 0 amide bonds. The Balaban J connectivity index is 1.72. The van der Waals surface area contributed by atoms with Gasteiger partial charge in [-0.25, -0.2) is 18.4 Å². The summed E-state index contributed by atoms with van der Waals surface area (Å²) in [6.45, 7) is 3.81. The largest absolute Gasteiger partial charge is 0.279 e. The lowest BCUT2D eigenvalue weighted by atomic mass is 10.1. The van der Waals surface area contributed by atoms with Gasteiger partial charge in [0.1, 0.15) is 15.4 Å². The second-order valence-electron chi connectivity index (χ2n) is 6.24. The van der Waals surface area contributed by atoms with Crippen molar-refractivity contribution in [1.29, 1.82) is 0 Å². The van der Waals surface area contributed by atoms with Gasteiger partial charge in [0, 0.05) is 11.8 Å². The zero-order valence-corrected chi connectivity index (χ0v) is 16.4. The van der Waals surface area contributed by atoms with Crippen molar-refractivity contribution in [2.24, 2.45) is 0 Å². The van der Waals surface area contributed by atoms with Gasteiger partial charge in [-0.1, -0.05) is 41.2 Å². The van der Waals surface area contributed by atoms with Crippen LogP contribution in [0.15, 0.2) is 65.7 Å². The minimum atomic E-state index is -3.66. The summed E-state index contributed by atoms with van der Waals surface area (Å²) in [7, 11) is -3.66. The maximum absolute atomic E-state index is 12.7. The molecule has 4 aromatic rings. The number of aryl methyl sites for hydroxylation is 1. The standard InChI is InChI=1S/C20H17N3O2S2/c1-13-8-10-15(11-9-13)27(24,25)23-17-6-3-5-16(14(17)2)19-22-18-7-4-12-21-20(18)26-19/h3-12,23H,1-2H3. The van der Waals surface area contributed by atoms with Crippen molar-refractivity contribution in [2.75, 3.05) is 4.72 Å². The number of fused-ring (bicyclic) bond motifs is 1. The minimum Gasteiger partial charge on any atom is -0.279 e. The highest BCUT2D eigenvalue weighted by atomic mass is 32.2. The van der Waals surface area contributed by atoms with E-state index >= 15 is 0 Å². The van der Waals surface area contributed by atoms with Gasteiger partial charge >= 0.3 is 0 Å². The summed E-state index contributed by atoms with van der Waals surface area (Å²) in [4.78, 5) is 10.1. The van der Waals surface area contributed by atoms with Crippen LogP contribution in [-0.2, 0) is 10.0 Å². The molecule has 0 aliphatic carbocycles. The molecule has 27 heavy (non-hydrogen) atoms. The number of hydrogen-bond acceptors (Lipinski definition) is 5. The van der Waals surface area contributed by atoms with Gasteiger partial charge in [0.2, 0.25) is 0 Å². The second kappa shape index (κ2) is 6.75. The summed E-state index contributed by atoms with van der Waals surface area (Å²) >= 11 is 1.49. The molecule has 1 N–H and O–H groups in total. The SMILES string of the molecule is Cc1ccc(S(=O)(=O)Nc2cccc(-c3nc4cccnc4s3)c2C)cc1. The Morgan fingerprint density at radius 1 is 0.963 bits per heavy atom. The minimum absolute atomic E-state index is 0.238. The molecule has 4 rings (SSSR count). The molecule has 0 radical (unpaired) electrons. The Morgan fingerprint density at radius 3 is 2.48 bits per heavy atom. The lowest BCUT2D eigenvalue weighted by Gasteiger charge is -2.13. The van der Waals surface area contributed by atoms with E-state index in [2.05, 4.69) is 14.7 Å². The van der Waals surface area contributed by atoms with Gasteiger partial charge in [-0.15, -0.1) is 0 Å². The fourth-order valence-corrected chi connectivity index (χ4v) is 4.90. The van der Waals surface area contributed by atoms with E-state index in [1.165, 1.54) is 11.3 Å². The first kappa shape index (κ1) is 17.6. The number of nitrogens with zero attached hydrogens (tertiary/aromatic N) is 2. The van der Waals surface area contributed by atoms with Gasteiger partial charge in [0.25, 0.3) is 10.0 Å². The number of thiazole rings is 1. The van der Waals surface area contributed by atoms with Crippen molar-refractivity contribution < 1.29 is 8.42 Å². The highest BCUT2D eigenvalue weighted by Crippen LogP contribution is 2.34. The summed E-state index contributed by atoms with van der Waals surface area (Å²) in [5.74, 6) is 0. The third-order valence-electron chi connectivity index (χ3n) is 4.31. The molecule has 0 saturated carbocycles. The Labute approximate surface area is 161 Å². The van der Waals surface area contributed by atoms with E-state index in [4.69, 9.17) is 0 Å². The number of sulfonamides is 1. The lowest BCUT2D eigenvalue weighted by Crippen LogP contribution is -2.14. The highest BCUT2D eigenvalue weighted by molar-refractivity contribution is 7.92. The van der Waals surface area contributed by atoms with E-state index < -0.39 is 10.0 Å². The van der Waals surface area contributed by atoms with Crippen molar-refractivity contribution in [1.82, 2.24) is 9.97 Å². The number of benzene rings is 2. The molecule has 0 bridgehead atoms. The third-order valence-corrected chi connectivity index (χ3v) is 6.70. The van der Waals surface area contributed by atoms with Crippen LogP contribution in [0.1, 0.15) is 11.1 Å². The highest BCUT2D eigenvalue weighted by Gasteiger charge is 2.17. The topological polar surface area (TPSA) is 72.0 Å². The average Bonchev–Trinajstić information content (AvgIpc) is 3.07. The van der Waals surface area contributed by atoms with Gasteiger partial charge < -0.3 is 0 Å². The van der Waals surface area contributed by atoms with Crippen molar-refractivity contribution >= 4 is 37.4 Å². The molecular weight excluding hydrogens is 378 g/mol. The number of nitrogens with one attached hydrogen (secondary N) is 1. The van der Waals surface area contributed by atoms with Crippen LogP contribution in [0.2, 0.25) is 0 Å². The quantitative estimate of drug-likeness (QED) is 0.540. The maximum Gasteiger partial charge on any atom is 0.261 e. The van der Waals surface area contributed by atoms with E-state index in [0.717, 1.165) is 32.0 Å². The predicted molar refractivity (Wildman–Crippen MR) is 110 cm³/mol. The van der Waals surface area contributed by atoms with Gasteiger partial charge in [-0.05, 0) is 49.7 Å². The van der Waals surface area contributed by atoms with E-state index in [9.17, 15) is 8.42 Å². The normalized spacial score (nSPS) is 11.6. The number of hydrogen-bond donors (Lipinski definition) is 1. The van der Waals surface area contributed by atoms with Gasteiger partial charge in [-0.3, -0.25) is 4.72 Å². The van der Waals surface area contributed by atoms with Crippen molar-refractivity contribution in [3.05, 3.63) is 71.9 Å². The summed E-state index contributed by atoms with van der Waals surface area (Å²) in [6.07, 6.45) is 1.74. The van der Waals surface area contributed by atoms with Crippen LogP contribution in [0.3, 0.4) is 0 Å². The first-order chi connectivity index (χ1) is 12.9. The maximum atomic E-state index is 12.7. The first-order valence-electron chi connectivity index (χ1n) is 8.35. The number of pyridine rings is 1. The Morgan fingerprint density at radius 2 is 1.74 bits per heavy atom. The van der Waals surface area contributed by atoms with Crippen LogP contribution in [0.4, 0.5) is 5.69 Å². The second-order valence-corrected chi connectivity index (χ2v) is 8.90. The van der Waals surface area contributed by atoms with Crippen LogP contribution in [0, 0.1) is 13.8 Å². The zero-order chi connectivity index (χ0) is 19.0. The smallest absolute Gasteiger partial charge is 0.261 e. The van der Waals surface area contributed by atoms with E-state index in [0.29, 0.717) is 5.69 Å². The van der Waals surface area contributed by atoms with E-state index in [-0.39, 0.29) is 4.90 Å². The molecule has 0 fully saturated rings. The summed E-state index contributed by atoms with van der Waals surface area (Å²) in [6, 6.07) is 16.1. The molecule has 2 heterocycles. The molecule has 0 spiro atoms. The van der Waals surface area contributed by atoms with E-state index in [1.54, 1.807) is 36.5 Å². The van der Waals surface area contributed by atoms with Crippen LogP contribution in [0.5, 0.6) is 0 Å². The summed E-state index contributed by atoms with van der Waals surface area (Å²) in [5, 5.41) is 0.817. The van der Waals surface area contributed by atoms with Crippen molar-refractivity contribution in [2.45, 2.75) is 18.7 Å². The Hall–Kier alpha value is -2.77. The molecule has 0 aliphatic rings. The lowest BCUT2D eigenvalue weighted by molar-refractivity contribution is 0.601. The number of rotatable bonds is 4. The van der Waals surface area contributed by atoms with Crippen LogP contribution < -0.4 is 4.72 Å². The average molecular weight is 396 g/mol. The molecule has 5 nitrogen and oxygen atoms in total. The molecular formula is C20H17N3O2S2. The molecule has 2 aromatic carbocycles. The fraction of sp³-hybridized carbons (Fsp3) is 0.100. The predicted octanol–water partition coefficient (Wildman–Crippen LogP) is 4.78. The van der Waals surface area contributed by atoms with Crippen molar-refractivity contribution in [3.8, 4) is 10.6 Å². The molecule has 0 unspecified atom stereocenters. The first-order valence-corrected chi connectivity index (χ1v) is 10.6. The number of aromatic nitrogens is 2. The Bertz CT molecular complexity index is 1200. The van der Waals surface area contributed by atoms with Gasteiger partial charge in [0.15, 0.2) is 0 Å². The molecule has 0 saturated heterocycles. The zero-order valence-electron chi connectivity index (χ0n) is 14.8. The monoisotopic (exact) mass is 395 g/mol. The Kier molecular flexibility index (Phi) is 4.41. The molecule has 0 aliphatic heterocycles. The van der Waals surface area contributed by atoms with Crippen LogP contribution >= 0.6 is 11.3 Å². The van der Waals surface area contributed by atoms with Gasteiger partial charge in [0.05, 0.1) is 10.6 Å². The summed E-state index contributed by atoms with van der Waals surface area (Å²) in [5.41, 5.74) is 4.11. The van der Waals surface area contributed by atoms with E-state index in [1.807, 2.05) is 38.1 Å². The van der Waals surface area contributed by atoms with Crippen LogP contribution in [-0.4, -0.2) is 18.4 Å². The molecule has 7 heteroatoms. The molecule has 2 aromatic heterocycles. The third kappa shape index (κ3) is 3.43. The summed E-state index contributed by atoms with van der Waals surface area (Å²) < 4.78 is 28.1. The van der Waals surface area contributed by atoms with Crippen LogP contribution in [0.25, 0.3) is 20.9 Å². The fourth-order valence-electron chi connectivity index (χ4n) is 2.78.